The Bertz CT molecular complexity index is 1120. The lowest BCUT2D eigenvalue weighted by Gasteiger charge is -2.31. The molecule has 0 aromatic heterocycles. The minimum absolute atomic E-state index is 0.216. The first-order valence-corrected chi connectivity index (χ1v) is 11.6. The van der Waals surface area contributed by atoms with Gasteiger partial charge in [0.15, 0.2) is 6.61 Å². The van der Waals surface area contributed by atoms with Crippen molar-refractivity contribution in [3.05, 3.63) is 108 Å². The molecule has 0 radical (unpaired) electrons. The number of hydrogen-bond acceptors (Lipinski definition) is 4. The van der Waals surface area contributed by atoms with Crippen molar-refractivity contribution in [3.8, 4) is 11.5 Å². The standard InChI is InChI=1S/C28H29ClN2O4/c1-3-17-30-28(33)25(18-21-9-5-4-6-10-21)31(19-22-13-15-23(34-2)16-14-22)27(32)20-35-26-12-8-7-11-24(26)29/h3-16,25H,1,17-20H2,2H3,(H,30,33). The first-order valence-electron chi connectivity index (χ1n) is 11.2. The van der Waals surface area contributed by atoms with Gasteiger partial charge in [0.05, 0.1) is 12.1 Å². The Morgan fingerprint density at radius 3 is 2.34 bits per heavy atom. The molecule has 0 saturated carbocycles. The van der Waals surface area contributed by atoms with Gasteiger partial charge in [0, 0.05) is 19.5 Å². The Balaban J connectivity index is 1.90. The molecular weight excluding hydrogens is 464 g/mol. The molecule has 0 saturated heterocycles. The molecule has 7 heteroatoms. The molecule has 3 aromatic carbocycles. The SMILES string of the molecule is C=CCNC(=O)C(Cc1ccccc1)N(Cc1ccc(OC)cc1)C(=O)COc1ccccc1Cl. The van der Waals surface area contributed by atoms with Crippen LogP contribution >= 0.6 is 11.6 Å². The number of benzene rings is 3. The van der Waals surface area contributed by atoms with Gasteiger partial charge < -0.3 is 19.7 Å². The molecule has 35 heavy (non-hydrogen) atoms. The van der Waals surface area contributed by atoms with Gasteiger partial charge in [-0.3, -0.25) is 9.59 Å². The van der Waals surface area contributed by atoms with E-state index < -0.39 is 6.04 Å². The molecule has 1 N–H and O–H groups in total. The zero-order chi connectivity index (χ0) is 25.0. The molecule has 0 fully saturated rings. The summed E-state index contributed by atoms with van der Waals surface area (Å²) in [6.45, 7) is 3.92. The van der Waals surface area contributed by atoms with Gasteiger partial charge in [0.2, 0.25) is 5.91 Å². The van der Waals surface area contributed by atoms with Crippen molar-refractivity contribution in [1.82, 2.24) is 10.2 Å². The summed E-state index contributed by atoms with van der Waals surface area (Å²) in [5, 5.41) is 3.25. The van der Waals surface area contributed by atoms with E-state index in [1.165, 1.54) is 0 Å². The fourth-order valence-corrected chi connectivity index (χ4v) is 3.75. The Morgan fingerprint density at radius 2 is 1.69 bits per heavy atom. The maximum absolute atomic E-state index is 13.5. The Labute approximate surface area is 211 Å². The summed E-state index contributed by atoms with van der Waals surface area (Å²) >= 11 is 6.19. The molecule has 1 atom stereocenters. The summed E-state index contributed by atoms with van der Waals surface area (Å²) in [5.74, 6) is 0.504. The fraction of sp³-hybridized carbons (Fsp3) is 0.214. The molecule has 3 rings (SSSR count). The van der Waals surface area contributed by atoms with Crippen LogP contribution in [0.5, 0.6) is 11.5 Å². The van der Waals surface area contributed by atoms with Gasteiger partial charge in [0.25, 0.3) is 5.91 Å². The fourth-order valence-electron chi connectivity index (χ4n) is 3.56. The monoisotopic (exact) mass is 492 g/mol. The van der Waals surface area contributed by atoms with Gasteiger partial charge in [0.1, 0.15) is 17.5 Å². The van der Waals surface area contributed by atoms with Crippen LogP contribution in [-0.4, -0.2) is 43.0 Å². The minimum Gasteiger partial charge on any atom is -0.497 e. The van der Waals surface area contributed by atoms with Crippen LogP contribution in [0.4, 0.5) is 0 Å². The molecule has 0 aliphatic rings. The van der Waals surface area contributed by atoms with Gasteiger partial charge in [-0.2, -0.15) is 0 Å². The molecule has 0 spiro atoms. The zero-order valence-corrected chi connectivity index (χ0v) is 20.4. The van der Waals surface area contributed by atoms with Crippen molar-refractivity contribution < 1.29 is 19.1 Å². The number of para-hydroxylation sites is 1. The maximum atomic E-state index is 13.5. The minimum atomic E-state index is -0.762. The first-order chi connectivity index (χ1) is 17.0. The number of methoxy groups -OCH3 is 1. The van der Waals surface area contributed by atoms with Crippen LogP contribution in [0.25, 0.3) is 0 Å². The molecular formula is C28H29ClN2O4. The van der Waals surface area contributed by atoms with E-state index in [2.05, 4.69) is 11.9 Å². The van der Waals surface area contributed by atoms with Crippen LogP contribution < -0.4 is 14.8 Å². The number of amides is 2. The number of nitrogens with one attached hydrogen (secondary N) is 1. The van der Waals surface area contributed by atoms with Crippen molar-refractivity contribution >= 4 is 23.4 Å². The lowest BCUT2D eigenvalue weighted by Crippen LogP contribution is -2.51. The number of halogens is 1. The predicted molar refractivity (Wildman–Crippen MR) is 138 cm³/mol. The smallest absolute Gasteiger partial charge is 0.261 e. The summed E-state index contributed by atoms with van der Waals surface area (Å²) in [5.41, 5.74) is 1.79. The van der Waals surface area contributed by atoms with E-state index >= 15 is 0 Å². The highest BCUT2D eigenvalue weighted by molar-refractivity contribution is 6.32. The van der Waals surface area contributed by atoms with E-state index in [1.807, 2.05) is 54.6 Å². The topological polar surface area (TPSA) is 67.9 Å². The van der Waals surface area contributed by atoms with Crippen molar-refractivity contribution in [2.24, 2.45) is 0 Å². The summed E-state index contributed by atoms with van der Waals surface area (Å²) in [7, 11) is 1.59. The molecule has 0 aliphatic heterocycles. The maximum Gasteiger partial charge on any atom is 0.261 e. The average Bonchev–Trinajstić information content (AvgIpc) is 2.89. The second-order valence-corrected chi connectivity index (χ2v) is 8.24. The largest absolute Gasteiger partial charge is 0.497 e. The van der Waals surface area contributed by atoms with Gasteiger partial charge >= 0.3 is 0 Å². The van der Waals surface area contributed by atoms with Crippen LogP contribution in [0.2, 0.25) is 5.02 Å². The van der Waals surface area contributed by atoms with Gasteiger partial charge in [-0.1, -0.05) is 72.3 Å². The molecule has 0 aliphatic carbocycles. The van der Waals surface area contributed by atoms with E-state index in [-0.39, 0.29) is 25.0 Å². The first kappa shape index (κ1) is 25.8. The third-order valence-corrected chi connectivity index (χ3v) is 5.70. The summed E-state index contributed by atoms with van der Waals surface area (Å²) in [6.07, 6.45) is 1.95. The molecule has 2 amide bonds. The Kier molecular flexibility index (Phi) is 9.75. The highest BCUT2D eigenvalue weighted by atomic mass is 35.5. The summed E-state index contributed by atoms with van der Waals surface area (Å²) < 4.78 is 11.0. The second-order valence-electron chi connectivity index (χ2n) is 7.83. The number of carbonyl (C=O) groups excluding carboxylic acids is 2. The average molecular weight is 493 g/mol. The van der Waals surface area contributed by atoms with Gasteiger partial charge in [-0.25, -0.2) is 0 Å². The molecule has 3 aromatic rings. The number of carbonyl (C=O) groups is 2. The van der Waals surface area contributed by atoms with Crippen molar-refractivity contribution in [1.29, 1.82) is 0 Å². The van der Waals surface area contributed by atoms with E-state index in [0.29, 0.717) is 29.5 Å². The predicted octanol–water partition coefficient (Wildman–Crippen LogP) is 4.67. The third-order valence-electron chi connectivity index (χ3n) is 5.39. The third kappa shape index (κ3) is 7.62. The number of hydrogen-bond donors (Lipinski definition) is 1. The van der Waals surface area contributed by atoms with Crippen molar-refractivity contribution in [2.45, 2.75) is 19.0 Å². The van der Waals surface area contributed by atoms with E-state index in [9.17, 15) is 9.59 Å². The Hall–Kier alpha value is -3.77. The molecule has 6 nitrogen and oxygen atoms in total. The lowest BCUT2D eigenvalue weighted by molar-refractivity contribution is -0.142. The van der Waals surface area contributed by atoms with E-state index in [1.54, 1.807) is 42.4 Å². The second kappa shape index (κ2) is 13.2. The molecule has 0 heterocycles. The zero-order valence-electron chi connectivity index (χ0n) is 19.7. The molecule has 0 bridgehead atoms. The normalized spacial score (nSPS) is 11.3. The number of ether oxygens (including phenoxy) is 2. The molecule has 1 unspecified atom stereocenters. The van der Waals surface area contributed by atoms with Gasteiger partial charge in [-0.05, 0) is 35.4 Å². The van der Waals surface area contributed by atoms with Crippen LogP contribution in [0.1, 0.15) is 11.1 Å². The van der Waals surface area contributed by atoms with E-state index in [4.69, 9.17) is 21.1 Å². The number of nitrogens with zero attached hydrogens (tertiary/aromatic N) is 1. The quantitative estimate of drug-likeness (QED) is 0.373. The van der Waals surface area contributed by atoms with Crippen LogP contribution in [0.15, 0.2) is 91.5 Å². The summed E-state index contributed by atoms with van der Waals surface area (Å²) in [4.78, 5) is 28.3. The van der Waals surface area contributed by atoms with Crippen molar-refractivity contribution in [3.63, 3.8) is 0 Å². The summed E-state index contributed by atoms with van der Waals surface area (Å²) in [6, 6.07) is 23.2. The van der Waals surface area contributed by atoms with Crippen LogP contribution in [-0.2, 0) is 22.6 Å². The van der Waals surface area contributed by atoms with E-state index in [0.717, 1.165) is 11.1 Å². The van der Waals surface area contributed by atoms with Gasteiger partial charge in [-0.15, -0.1) is 6.58 Å². The van der Waals surface area contributed by atoms with Crippen LogP contribution in [0, 0.1) is 0 Å². The number of rotatable bonds is 12. The van der Waals surface area contributed by atoms with Crippen LogP contribution in [0.3, 0.4) is 0 Å². The lowest BCUT2D eigenvalue weighted by atomic mass is 10.0. The highest BCUT2D eigenvalue weighted by Crippen LogP contribution is 2.24. The molecule has 182 valence electrons. The highest BCUT2D eigenvalue weighted by Gasteiger charge is 2.30. The van der Waals surface area contributed by atoms with Crippen molar-refractivity contribution in [2.75, 3.05) is 20.3 Å². The Morgan fingerprint density at radius 1 is 1.00 bits per heavy atom.